The van der Waals surface area contributed by atoms with Crippen LogP contribution in [0.4, 0.5) is 0 Å². The largest absolute Gasteiger partial charge is 0.295 e. The van der Waals surface area contributed by atoms with Crippen LogP contribution in [0.25, 0.3) is 5.13 Å². The summed E-state index contributed by atoms with van der Waals surface area (Å²) in [6.45, 7) is 1.67. The van der Waals surface area contributed by atoms with Crippen molar-refractivity contribution in [1.29, 1.82) is 0 Å². The standard InChI is InChI=1S/C16H16N4O3S2/c1-12(21)13-3-5-15(6-4-13)25(22,23)18-9-7-14-11-24-16(19-14)20-10-2-8-17-20/h2-6,8,10-11,18H,7,9H2,1H3. The summed E-state index contributed by atoms with van der Waals surface area (Å²) in [5, 5.41) is 6.73. The molecule has 2 aromatic heterocycles. The van der Waals surface area contributed by atoms with Crippen molar-refractivity contribution in [3.8, 4) is 5.13 Å². The number of carbonyl (C=O) groups is 1. The number of hydrogen-bond acceptors (Lipinski definition) is 6. The van der Waals surface area contributed by atoms with E-state index in [1.165, 1.54) is 42.5 Å². The van der Waals surface area contributed by atoms with Gasteiger partial charge < -0.3 is 0 Å². The highest BCUT2D eigenvalue weighted by Crippen LogP contribution is 2.15. The quantitative estimate of drug-likeness (QED) is 0.637. The molecule has 0 bridgehead atoms. The zero-order valence-electron chi connectivity index (χ0n) is 13.4. The topological polar surface area (TPSA) is 94.0 Å². The van der Waals surface area contributed by atoms with Crippen molar-refractivity contribution >= 4 is 27.1 Å². The number of benzene rings is 1. The molecule has 1 aromatic carbocycles. The number of nitrogens with one attached hydrogen (secondary N) is 1. The molecule has 0 amide bonds. The van der Waals surface area contributed by atoms with Gasteiger partial charge in [0.2, 0.25) is 15.2 Å². The van der Waals surface area contributed by atoms with Gasteiger partial charge in [0.05, 0.1) is 10.6 Å². The fourth-order valence-corrected chi connectivity index (χ4v) is 3.99. The van der Waals surface area contributed by atoms with Gasteiger partial charge in [-0.1, -0.05) is 12.1 Å². The predicted molar refractivity (Wildman–Crippen MR) is 94.6 cm³/mol. The van der Waals surface area contributed by atoms with Gasteiger partial charge in [-0.3, -0.25) is 4.79 Å². The number of rotatable bonds is 7. The minimum atomic E-state index is -3.61. The van der Waals surface area contributed by atoms with Crippen molar-refractivity contribution < 1.29 is 13.2 Å². The molecule has 0 saturated heterocycles. The third-order valence-electron chi connectivity index (χ3n) is 3.48. The zero-order valence-corrected chi connectivity index (χ0v) is 15.0. The molecule has 2 heterocycles. The van der Waals surface area contributed by atoms with E-state index in [0.29, 0.717) is 12.0 Å². The first-order chi connectivity index (χ1) is 12.0. The molecule has 3 rings (SSSR count). The van der Waals surface area contributed by atoms with E-state index in [2.05, 4.69) is 14.8 Å². The minimum absolute atomic E-state index is 0.103. The molecular formula is C16H16N4O3S2. The molecule has 0 aliphatic carbocycles. The van der Waals surface area contributed by atoms with E-state index < -0.39 is 10.0 Å². The highest BCUT2D eigenvalue weighted by Gasteiger charge is 2.14. The van der Waals surface area contributed by atoms with Crippen LogP contribution in [0.3, 0.4) is 0 Å². The van der Waals surface area contributed by atoms with Gasteiger partial charge in [-0.2, -0.15) is 5.10 Å². The van der Waals surface area contributed by atoms with Crippen LogP contribution in [0.2, 0.25) is 0 Å². The lowest BCUT2D eigenvalue weighted by molar-refractivity contribution is 0.101. The van der Waals surface area contributed by atoms with Crippen molar-refractivity contribution in [2.75, 3.05) is 6.54 Å². The third kappa shape index (κ3) is 4.19. The Morgan fingerprint density at radius 2 is 2.04 bits per heavy atom. The summed E-state index contributed by atoms with van der Waals surface area (Å²) in [4.78, 5) is 15.8. The summed E-state index contributed by atoms with van der Waals surface area (Å²) < 4.78 is 28.7. The average Bonchev–Trinajstić information content (AvgIpc) is 3.26. The lowest BCUT2D eigenvalue weighted by Gasteiger charge is -2.06. The average molecular weight is 376 g/mol. The Bertz CT molecular complexity index is 961. The van der Waals surface area contributed by atoms with Crippen molar-refractivity contribution in [2.24, 2.45) is 0 Å². The van der Waals surface area contributed by atoms with Gasteiger partial charge in [0.25, 0.3) is 0 Å². The van der Waals surface area contributed by atoms with Gasteiger partial charge >= 0.3 is 0 Å². The lowest BCUT2D eigenvalue weighted by Crippen LogP contribution is -2.26. The van der Waals surface area contributed by atoms with Crippen LogP contribution in [-0.2, 0) is 16.4 Å². The Hall–Kier alpha value is -2.36. The van der Waals surface area contributed by atoms with Crippen LogP contribution in [0.5, 0.6) is 0 Å². The van der Waals surface area contributed by atoms with Gasteiger partial charge in [-0.15, -0.1) is 11.3 Å². The molecular weight excluding hydrogens is 360 g/mol. The molecule has 0 radical (unpaired) electrons. The molecule has 7 nitrogen and oxygen atoms in total. The van der Waals surface area contributed by atoms with Crippen molar-refractivity contribution in [3.05, 3.63) is 59.4 Å². The van der Waals surface area contributed by atoms with Crippen molar-refractivity contribution in [2.45, 2.75) is 18.2 Å². The highest BCUT2D eigenvalue weighted by atomic mass is 32.2. The Morgan fingerprint density at radius 3 is 2.68 bits per heavy atom. The van der Waals surface area contributed by atoms with E-state index in [1.807, 2.05) is 11.4 Å². The third-order valence-corrected chi connectivity index (χ3v) is 5.84. The smallest absolute Gasteiger partial charge is 0.240 e. The van der Waals surface area contributed by atoms with Crippen LogP contribution in [-0.4, -0.2) is 35.5 Å². The minimum Gasteiger partial charge on any atom is -0.295 e. The first kappa shape index (κ1) is 17.5. The van der Waals surface area contributed by atoms with Gasteiger partial charge in [-0.25, -0.2) is 22.8 Å². The number of ketones is 1. The molecule has 0 unspecified atom stereocenters. The maximum atomic E-state index is 12.3. The summed E-state index contributed by atoms with van der Waals surface area (Å²) in [5.41, 5.74) is 1.28. The van der Waals surface area contributed by atoms with E-state index in [4.69, 9.17) is 0 Å². The molecule has 0 fully saturated rings. The predicted octanol–water partition coefficient (Wildman–Crippen LogP) is 2.05. The molecule has 0 aliphatic heterocycles. The Labute approximate surface area is 149 Å². The van der Waals surface area contributed by atoms with Crippen LogP contribution in [0, 0.1) is 0 Å². The molecule has 25 heavy (non-hydrogen) atoms. The number of Topliss-reactive ketones (excluding diaryl/α,β-unsaturated/α-hetero) is 1. The van der Waals surface area contributed by atoms with Gasteiger partial charge in [-0.05, 0) is 25.1 Å². The number of hydrogen-bond donors (Lipinski definition) is 1. The first-order valence-corrected chi connectivity index (χ1v) is 9.87. The SMILES string of the molecule is CC(=O)c1ccc(S(=O)(=O)NCCc2csc(-n3cccn3)n2)cc1. The molecule has 0 saturated carbocycles. The Kier molecular flexibility index (Phi) is 5.07. The van der Waals surface area contributed by atoms with E-state index in [9.17, 15) is 13.2 Å². The van der Waals surface area contributed by atoms with E-state index in [0.717, 1.165) is 10.8 Å². The Balaban J connectivity index is 1.60. The molecule has 9 heteroatoms. The van der Waals surface area contributed by atoms with Gasteiger partial charge in [0.1, 0.15) is 0 Å². The van der Waals surface area contributed by atoms with E-state index >= 15 is 0 Å². The Morgan fingerprint density at radius 1 is 1.28 bits per heavy atom. The van der Waals surface area contributed by atoms with Crippen LogP contribution in [0.1, 0.15) is 23.0 Å². The molecule has 0 atom stereocenters. The summed E-state index contributed by atoms with van der Waals surface area (Å²) in [5.74, 6) is -0.103. The van der Waals surface area contributed by atoms with Crippen LogP contribution >= 0.6 is 11.3 Å². The second kappa shape index (κ2) is 7.26. The molecule has 1 N–H and O–H groups in total. The van der Waals surface area contributed by atoms with Crippen molar-refractivity contribution in [1.82, 2.24) is 19.5 Å². The number of sulfonamides is 1. The fraction of sp³-hybridized carbons (Fsp3) is 0.188. The summed E-state index contributed by atoms with van der Waals surface area (Å²) >= 11 is 1.45. The molecule has 130 valence electrons. The van der Waals surface area contributed by atoms with Crippen LogP contribution < -0.4 is 4.72 Å². The highest BCUT2D eigenvalue weighted by molar-refractivity contribution is 7.89. The van der Waals surface area contributed by atoms with Gasteiger partial charge in [0, 0.05) is 36.3 Å². The van der Waals surface area contributed by atoms with Crippen LogP contribution in [0.15, 0.2) is 53.0 Å². The normalized spacial score (nSPS) is 11.6. The molecule has 0 spiro atoms. The summed E-state index contributed by atoms with van der Waals surface area (Å²) in [6, 6.07) is 7.68. The number of aromatic nitrogens is 3. The van der Waals surface area contributed by atoms with Crippen molar-refractivity contribution in [3.63, 3.8) is 0 Å². The number of carbonyl (C=O) groups excluding carboxylic acids is 1. The summed E-state index contributed by atoms with van der Waals surface area (Å²) in [7, 11) is -3.61. The summed E-state index contributed by atoms with van der Waals surface area (Å²) in [6.07, 6.45) is 3.95. The monoisotopic (exact) mass is 376 g/mol. The maximum absolute atomic E-state index is 12.3. The number of nitrogens with zero attached hydrogens (tertiary/aromatic N) is 3. The second-order valence-corrected chi connectivity index (χ2v) is 7.90. The molecule has 3 aromatic rings. The van der Waals surface area contributed by atoms with E-state index in [1.54, 1.807) is 17.1 Å². The lowest BCUT2D eigenvalue weighted by atomic mass is 10.2. The van der Waals surface area contributed by atoms with Gasteiger partial charge in [0.15, 0.2) is 5.78 Å². The zero-order chi connectivity index (χ0) is 17.9. The maximum Gasteiger partial charge on any atom is 0.240 e. The van der Waals surface area contributed by atoms with E-state index in [-0.39, 0.29) is 17.2 Å². The molecule has 0 aliphatic rings. The second-order valence-electron chi connectivity index (χ2n) is 5.30. The fourth-order valence-electron chi connectivity index (χ4n) is 2.16. The first-order valence-electron chi connectivity index (χ1n) is 7.51. The number of thiazole rings is 1.